The first-order chi connectivity index (χ1) is 10.2. The predicted molar refractivity (Wildman–Crippen MR) is 83.0 cm³/mol. The zero-order chi connectivity index (χ0) is 15.1. The Bertz CT molecular complexity index is 434. The van der Waals surface area contributed by atoms with E-state index in [4.69, 9.17) is 9.47 Å². The molecule has 1 aromatic carbocycles. The predicted octanol–water partition coefficient (Wildman–Crippen LogP) is 1.42. The first-order valence-corrected chi connectivity index (χ1v) is 7.75. The van der Waals surface area contributed by atoms with Gasteiger partial charge in [0.25, 0.3) is 0 Å². The minimum atomic E-state index is -0.541. The molecule has 0 bridgehead atoms. The minimum Gasteiger partial charge on any atom is -0.494 e. The fourth-order valence-electron chi connectivity index (χ4n) is 2.56. The SMILES string of the molecule is CCOc1ccc(C(O)CN2CCNCC2)c(OCC)c1. The average molecular weight is 294 g/mol. The number of β-amino-alcohol motifs (C(OH)–C–C–N with tert-alkyl or cyclic N) is 1. The lowest BCUT2D eigenvalue weighted by molar-refractivity contribution is 0.103. The highest BCUT2D eigenvalue weighted by Crippen LogP contribution is 2.30. The van der Waals surface area contributed by atoms with Crippen LogP contribution in [0, 0.1) is 0 Å². The second-order valence-electron chi connectivity index (χ2n) is 5.13. The lowest BCUT2D eigenvalue weighted by atomic mass is 10.1. The third-order valence-corrected chi connectivity index (χ3v) is 3.60. The molecule has 1 unspecified atom stereocenters. The Hall–Kier alpha value is -1.30. The van der Waals surface area contributed by atoms with Crippen LogP contribution >= 0.6 is 0 Å². The van der Waals surface area contributed by atoms with Gasteiger partial charge in [-0.3, -0.25) is 4.90 Å². The van der Waals surface area contributed by atoms with Crippen molar-refractivity contribution in [2.45, 2.75) is 20.0 Å². The maximum atomic E-state index is 10.5. The van der Waals surface area contributed by atoms with Crippen molar-refractivity contribution in [1.82, 2.24) is 10.2 Å². The summed E-state index contributed by atoms with van der Waals surface area (Å²) in [5.41, 5.74) is 0.832. The highest BCUT2D eigenvalue weighted by molar-refractivity contribution is 5.42. The van der Waals surface area contributed by atoms with Crippen LogP contribution in [0.1, 0.15) is 25.5 Å². The molecule has 1 saturated heterocycles. The van der Waals surface area contributed by atoms with Gasteiger partial charge in [0.15, 0.2) is 0 Å². The molecule has 5 nitrogen and oxygen atoms in total. The Morgan fingerprint density at radius 2 is 1.90 bits per heavy atom. The summed E-state index contributed by atoms with van der Waals surface area (Å²) in [7, 11) is 0. The van der Waals surface area contributed by atoms with Crippen LogP contribution in [0.4, 0.5) is 0 Å². The number of aliphatic hydroxyl groups is 1. The van der Waals surface area contributed by atoms with Gasteiger partial charge in [-0.15, -0.1) is 0 Å². The Morgan fingerprint density at radius 1 is 1.19 bits per heavy atom. The summed E-state index contributed by atoms with van der Waals surface area (Å²) in [4.78, 5) is 2.27. The Labute approximate surface area is 126 Å². The van der Waals surface area contributed by atoms with E-state index in [1.54, 1.807) is 0 Å². The van der Waals surface area contributed by atoms with E-state index in [1.165, 1.54) is 0 Å². The van der Waals surface area contributed by atoms with E-state index in [0.29, 0.717) is 25.5 Å². The third-order valence-electron chi connectivity index (χ3n) is 3.60. The van der Waals surface area contributed by atoms with E-state index in [-0.39, 0.29) is 0 Å². The number of ether oxygens (including phenoxy) is 2. The molecule has 0 radical (unpaired) electrons. The molecule has 1 aliphatic rings. The van der Waals surface area contributed by atoms with Gasteiger partial charge >= 0.3 is 0 Å². The van der Waals surface area contributed by atoms with Crippen molar-refractivity contribution < 1.29 is 14.6 Å². The molecule has 2 rings (SSSR count). The van der Waals surface area contributed by atoms with Crippen molar-refractivity contribution in [2.24, 2.45) is 0 Å². The summed E-state index contributed by atoms with van der Waals surface area (Å²) >= 11 is 0. The Kier molecular flexibility index (Phi) is 6.29. The number of rotatable bonds is 7. The summed E-state index contributed by atoms with van der Waals surface area (Å²) in [5.74, 6) is 1.49. The van der Waals surface area contributed by atoms with Crippen LogP contribution in [0.25, 0.3) is 0 Å². The van der Waals surface area contributed by atoms with Crippen LogP contribution in [-0.4, -0.2) is 55.9 Å². The lowest BCUT2D eigenvalue weighted by Crippen LogP contribution is -2.45. The second-order valence-corrected chi connectivity index (χ2v) is 5.13. The van der Waals surface area contributed by atoms with Crippen molar-refractivity contribution in [3.05, 3.63) is 23.8 Å². The van der Waals surface area contributed by atoms with Crippen molar-refractivity contribution in [3.8, 4) is 11.5 Å². The highest BCUT2D eigenvalue weighted by atomic mass is 16.5. The molecule has 5 heteroatoms. The number of hydrogen-bond donors (Lipinski definition) is 2. The van der Waals surface area contributed by atoms with Crippen LogP contribution in [-0.2, 0) is 0 Å². The monoisotopic (exact) mass is 294 g/mol. The molecule has 2 N–H and O–H groups in total. The molecule has 21 heavy (non-hydrogen) atoms. The quantitative estimate of drug-likeness (QED) is 0.796. The normalized spacial score (nSPS) is 17.5. The average Bonchev–Trinajstić information content (AvgIpc) is 2.49. The second kappa shape index (κ2) is 8.22. The molecule has 0 aliphatic carbocycles. The number of benzene rings is 1. The van der Waals surface area contributed by atoms with Crippen molar-refractivity contribution in [1.29, 1.82) is 0 Å². The standard InChI is InChI=1S/C16H26N2O3/c1-3-20-13-5-6-14(16(11-13)21-4-2)15(19)12-18-9-7-17-8-10-18/h5-6,11,15,17,19H,3-4,7-10,12H2,1-2H3. The number of piperazine rings is 1. The Balaban J connectivity index is 2.08. The van der Waals surface area contributed by atoms with Crippen molar-refractivity contribution in [2.75, 3.05) is 45.9 Å². The van der Waals surface area contributed by atoms with E-state index in [9.17, 15) is 5.11 Å². The number of nitrogens with zero attached hydrogens (tertiary/aromatic N) is 1. The van der Waals surface area contributed by atoms with E-state index >= 15 is 0 Å². The van der Waals surface area contributed by atoms with Gasteiger partial charge in [-0.05, 0) is 26.0 Å². The molecule has 1 heterocycles. The topological polar surface area (TPSA) is 54.0 Å². The summed E-state index contributed by atoms with van der Waals surface area (Å²) in [6, 6.07) is 5.66. The fraction of sp³-hybridized carbons (Fsp3) is 0.625. The van der Waals surface area contributed by atoms with Gasteiger partial charge in [0.05, 0.1) is 19.3 Å². The maximum absolute atomic E-state index is 10.5. The molecule has 0 saturated carbocycles. The summed E-state index contributed by atoms with van der Waals surface area (Å²) in [6.45, 7) is 9.62. The molecule has 1 fully saturated rings. The Morgan fingerprint density at radius 3 is 2.57 bits per heavy atom. The number of hydrogen-bond acceptors (Lipinski definition) is 5. The molecule has 0 aromatic heterocycles. The molecular formula is C16H26N2O3. The van der Waals surface area contributed by atoms with Gasteiger partial charge in [0, 0.05) is 44.4 Å². The fourth-order valence-corrected chi connectivity index (χ4v) is 2.56. The van der Waals surface area contributed by atoms with Crippen LogP contribution in [0.5, 0.6) is 11.5 Å². The van der Waals surface area contributed by atoms with Gasteiger partial charge in [-0.1, -0.05) is 0 Å². The van der Waals surface area contributed by atoms with Gasteiger partial charge < -0.3 is 19.9 Å². The number of aliphatic hydroxyl groups excluding tert-OH is 1. The van der Waals surface area contributed by atoms with Gasteiger partial charge in [-0.2, -0.15) is 0 Å². The zero-order valence-electron chi connectivity index (χ0n) is 13.0. The lowest BCUT2D eigenvalue weighted by Gasteiger charge is -2.29. The molecule has 1 atom stereocenters. The third kappa shape index (κ3) is 4.59. The van der Waals surface area contributed by atoms with Crippen LogP contribution in [0.2, 0.25) is 0 Å². The summed E-state index contributed by atoms with van der Waals surface area (Å²) < 4.78 is 11.2. The zero-order valence-corrected chi connectivity index (χ0v) is 13.0. The van der Waals surface area contributed by atoms with Crippen LogP contribution in [0.15, 0.2) is 18.2 Å². The van der Waals surface area contributed by atoms with Crippen molar-refractivity contribution in [3.63, 3.8) is 0 Å². The molecule has 1 aromatic rings. The maximum Gasteiger partial charge on any atom is 0.128 e. The van der Waals surface area contributed by atoms with E-state index in [2.05, 4.69) is 10.2 Å². The van der Waals surface area contributed by atoms with E-state index in [1.807, 2.05) is 32.0 Å². The first-order valence-electron chi connectivity index (χ1n) is 7.75. The van der Waals surface area contributed by atoms with Crippen LogP contribution in [0.3, 0.4) is 0 Å². The van der Waals surface area contributed by atoms with Gasteiger partial charge in [0.1, 0.15) is 11.5 Å². The summed E-state index contributed by atoms with van der Waals surface area (Å²) in [5, 5.41) is 13.8. The van der Waals surface area contributed by atoms with E-state index in [0.717, 1.165) is 37.5 Å². The number of nitrogens with one attached hydrogen (secondary N) is 1. The molecule has 118 valence electrons. The molecule has 0 amide bonds. The minimum absolute atomic E-state index is 0.541. The molecule has 0 spiro atoms. The highest BCUT2D eigenvalue weighted by Gasteiger charge is 2.19. The van der Waals surface area contributed by atoms with Crippen molar-refractivity contribution >= 4 is 0 Å². The molecular weight excluding hydrogens is 268 g/mol. The van der Waals surface area contributed by atoms with Crippen LogP contribution < -0.4 is 14.8 Å². The van der Waals surface area contributed by atoms with Gasteiger partial charge in [-0.25, -0.2) is 0 Å². The van der Waals surface area contributed by atoms with Gasteiger partial charge in [0.2, 0.25) is 0 Å². The smallest absolute Gasteiger partial charge is 0.128 e. The largest absolute Gasteiger partial charge is 0.494 e. The summed E-state index contributed by atoms with van der Waals surface area (Å²) in [6.07, 6.45) is -0.541. The molecule has 1 aliphatic heterocycles. The van der Waals surface area contributed by atoms with E-state index < -0.39 is 6.10 Å². The first kappa shape index (κ1) is 16.1.